The second-order valence-electron chi connectivity index (χ2n) is 8.47. The molecule has 3 N–H and O–H groups in total. The van der Waals surface area contributed by atoms with Crippen LogP contribution in [-0.4, -0.2) is 55.0 Å². The quantitative estimate of drug-likeness (QED) is 0.517. The van der Waals surface area contributed by atoms with Gasteiger partial charge in [0, 0.05) is 24.6 Å². The first-order valence-corrected chi connectivity index (χ1v) is 11.4. The summed E-state index contributed by atoms with van der Waals surface area (Å²) in [7, 11) is 0. The summed E-state index contributed by atoms with van der Waals surface area (Å²) in [6.07, 6.45) is 1.18. The molecule has 8 heteroatoms. The number of alkyl carbamates (subject to hydrolysis) is 1. The second kappa shape index (κ2) is 10.5. The van der Waals surface area contributed by atoms with Crippen LogP contribution in [0, 0.1) is 0 Å². The normalized spacial score (nSPS) is 19.3. The predicted molar refractivity (Wildman–Crippen MR) is 125 cm³/mol. The van der Waals surface area contributed by atoms with Gasteiger partial charge >= 0.3 is 12.1 Å². The zero-order valence-corrected chi connectivity index (χ0v) is 19.0. The van der Waals surface area contributed by atoms with Gasteiger partial charge in [0.15, 0.2) is 0 Å². The number of nitrogens with one attached hydrogen (secondary N) is 2. The number of aliphatic carboxylic acids is 1. The number of carbonyl (C=O) groups excluding carboxylic acids is 2. The van der Waals surface area contributed by atoms with Gasteiger partial charge in [0.2, 0.25) is 5.91 Å². The van der Waals surface area contributed by atoms with E-state index in [1.165, 1.54) is 24.1 Å². The number of carbonyl (C=O) groups is 3. The van der Waals surface area contributed by atoms with Gasteiger partial charge in [-0.3, -0.25) is 4.79 Å². The maximum Gasteiger partial charge on any atom is 0.407 e. The van der Waals surface area contributed by atoms with Gasteiger partial charge in [-0.25, -0.2) is 9.59 Å². The molecule has 0 saturated carbocycles. The zero-order valence-electron chi connectivity index (χ0n) is 19.0. The van der Waals surface area contributed by atoms with E-state index >= 15 is 0 Å². The van der Waals surface area contributed by atoms with Crippen LogP contribution in [0.15, 0.2) is 60.2 Å². The molecule has 0 bridgehead atoms. The number of benzene rings is 2. The third-order valence-corrected chi connectivity index (χ3v) is 6.24. The molecule has 2 aromatic rings. The molecule has 1 saturated heterocycles. The Hall–Kier alpha value is -3.65. The first-order chi connectivity index (χ1) is 16.4. The molecule has 1 heterocycles. The highest BCUT2D eigenvalue weighted by Gasteiger charge is 2.31. The van der Waals surface area contributed by atoms with E-state index in [-0.39, 0.29) is 43.2 Å². The molecule has 2 aliphatic rings. The van der Waals surface area contributed by atoms with Crippen molar-refractivity contribution in [3.05, 3.63) is 71.3 Å². The standard InChI is InChI=1S/C26H28N2O6/c1-16(25(30)31)12-13-27-24(29)23-11-10-17(34-23)14-28-26(32)33-15-22-20-8-4-2-6-18(20)19-7-3-5-9-21(19)22/h2-9,12,17,22-23H,10-11,13-15H2,1H3,(H,27,29)(H,28,32)(H,30,31)/b16-12+. The molecular formula is C26H28N2O6. The summed E-state index contributed by atoms with van der Waals surface area (Å²) in [5.41, 5.74) is 4.81. The van der Waals surface area contributed by atoms with Crippen LogP contribution >= 0.6 is 0 Å². The summed E-state index contributed by atoms with van der Waals surface area (Å²) >= 11 is 0. The van der Waals surface area contributed by atoms with Crippen LogP contribution in [0.25, 0.3) is 11.1 Å². The van der Waals surface area contributed by atoms with E-state index in [4.69, 9.17) is 14.6 Å². The SMILES string of the molecule is C/C(=C\CNC(=O)C1CCC(CNC(=O)OCC2c3ccccc3-c3ccccc32)O1)C(=O)O. The van der Waals surface area contributed by atoms with Gasteiger partial charge in [-0.1, -0.05) is 54.6 Å². The lowest BCUT2D eigenvalue weighted by Gasteiger charge is -2.16. The Morgan fingerprint density at radius 2 is 1.68 bits per heavy atom. The molecule has 178 valence electrons. The monoisotopic (exact) mass is 464 g/mol. The number of fused-ring (bicyclic) bond motifs is 3. The average molecular weight is 465 g/mol. The maximum absolute atomic E-state index is 12.3. The highest BCUT2D eigenvalue weighted by molar-refractivity contribution is 5.86. The highest BCUT2D eigenvalue weighted by Crippen LogP contribution is 2.44. The third kappa shape index (κ3) is 5.28. The average Bonchev–Trinajstić information content (AvgIpc) is 3.44. The lowest BCUT2D eigenvalue weighted by atomic mass is 9.98. The summed E-state index contributed by atoms with van der Waals surface area (Å²) < 4.78 is 11.3. The molecule has 0 radical (unpaired) electrons. The van der Waals surface area contributed by atoms with Crippen molar-refractivity contribution < 1.29 is 29.0 Å². The van der Waals surface area contributed by atoms with E-state index in [1.54, 1.807) is 0 Å². The summed E-state index contributed by atoms with van der Waals surface area (Å²) in [5, 5.41) is 14.2. The van der Waals surface area contributed by atoms with Crippen LogP contribution in [0.1, 0.15) is 36.8 Å². The van der Waals surface area contributed by atoms with Crippen LogP contribution < -0.4 is 10.6 Å². The Balaban J connectivity index is 1.22. The molecule has 1 aliphatic heterocycles. The topological polar surface area (TPSA) is 114 Å². The molecule has 2 amide bonds. The fourth-order valence-electron chi connectivity index (χ4n) is 4.40. The summed E-state index contributed by atoms with van der Waals surface area (Å²) in [4.78, 5) is 35.3. The van der Waals surface area contributed by atoms with E-state index in [2.05, 4.69) is 34.9 Å². The minimum atomic E-state index is -1.02. The molecule has 4 rings (SSSR count). The van der Waals surface area contributed by atoms with Crippen molar-refractivity contribution in [3.8, 4) is 11.1 Å². The molecule has 0 spiro atoms. The minimum absolute atomic E-state index is 0.00669. The maximum atomic E-state index is 12.3. The van der Waals surface area contributed by atoms with Gasteiger partial charge in [-0.15, -0.1) is 0 Å². The van der Waals surface area contributed by atoms with Gasteiger partial charge in [-0.2, -0.15) is 0 Å². The highest BCUT2D eigenvalue weighted by atomic mass is 16.5. The van der Waals surface area contributed by atoms with Crippen LogP contribution in [-0.2, 0) is 19.1 Å². The Labute approximate surface area is 198 Å². The van der Waals surface area contributed by atoms with Crippen molar-refractivity contribution in [2.45, 2.75) is 37.9 Å². The number of rotatable bonds is 8. The minimum Gasteiger partial charge on any atom is -0.478 e. The smallest absolute Gasteiger partial charge is 0.407 e. The predicted octanol–water partition coefficient (Wildman–Crippen LogP) is 3.22. The van der Waals surface area contributed by atoms with E-state index in [0.717, 1.165) is 11.1 Å². The van der Waals surface area contributed by atoms with Gasteiger partial charge in [-0.05, 0) is 42.0 Å². The first kappa shape index (κ1) is 23.5. The number of ether oxygens (including phenoxy) is 2. The summed E-state index contributed by atoms with van der Waals surface area (Å²) in [5.74, 6) is -1.32. The Morgan fingerprint density at radius 3 is 2.32 bits per heavy atom. The molecular weight excluding hydrogens is 436 g/mol. The molecule has 2 unspecified atom stereocenters. The molecule has 8 nitrogen and oxygen atoms in total. The first-order valence-electron chi connectivity index (χ1n) is 11.4. The van der Waals surface area contributed by atoms with Gasteiger partial charge < -0.3 is 25.2 Å². The van der Waals surface area contributed by atoms with Crippen LogP contribution in [0.5, 0.6) is 0 Å². The largest absolute Gasteiger partial charge is 0.478 e. The Kier molecular flexibility index (Phi) is 7.27. The fraction of sp³-hybridized carbons (Fsp3) is 0.346. The molecule has 1 aliphatic carbocycles. The molecule has 2 aromatic carbocycles. The second-order valence-corrected chi connectivity index (χ2v) is 8.47. The van der Waals surface area contributed by atoms with Crippen LogP contribution in [0.4, 0.5) is 4.79 Å². The number of amides is 2. The Bertz CT molecular complexity index is 1070. The molecule has 2 atom stereocenters. The number of carboxylic acids is 1. The van der Waals surface area contributed by atoms with Crippen LogP contribution in [0.3, 0.4) is 0 Å². The van der Waals surface area contributed by atoms with Gasteiger partial charge in [0.25, 0.3) is 0 Å². The lowest BCUT2D eigenvalue weighted by molar-refractivity contribution is -0.133. The van der Waals surface area contributed by atoms with Crippen LogP contribution in [0.2, 0.25) is 0 Å². The molecule has 34 heavy (non-hydrogen) atoms. The number of hydrogen-bond acceptors (Lipinski definition) is 5. The summed E-state index contributed by atoms with van der Waals surface area (Å²) in [6, 6.07) is 16.3. The number of carboxylic acid groups (broad SMARTS) is 1. The van der Waals surface area contributed by atoms with E-state index in [1.807, 2.05) is 24.3 Å². The molecule has 0 aromatic heterocycles. The van der Waals surface area contributed by atoms with Crippen molar-refractivity contribution in [2.75, 3.05) is 19.7 Å². The Morgan fingerprint density at radius 1 is 1.03 bits per heavy atom. The van der Waals surface area contributed by atoms with Gasteiger partial charge in [0.1, 0.15) is 12.7 Å². The van der Waals surface area contributed by atoms with E-state index in [9.17, 15) is 14.4 Å². The van der Waals surface area contributed by atoms with Crippen molar-refractivity contribution >= 4 is 18.0 Å². The number of hydrogen-bond donors (Lipinski definition) is 3. The van der Waals surface area contributed by atoms with Gasteiger partial charge in [0.05, 0.1) is 6.10 Å². The van der Waals surface area contributed by atoms with Crippen molar-refractivity contribution in [3.63, 3.8) is 0 Å². The lowest BCUT2D eigenvalue weighted by Crippen LogP contribution is -2.37. The fourth-order valence-corrected chi connectivity index (χ4v) is 4.40. The van der Waals surface area contributed by atoms with E-state index < -0.39 is 18.2 Å². The van der Waals surface area contributed by atoms with Crippen molar-refractivity contribution in [1.82, 2.24) is 10.6 Å². The molecule has 1 fully saturated rings. The summed E-state index contributed by atoms with van der Waals surface area (Å²) in [6.45, 7) is 2.07. The zero-order chi connectivity index (χ0) is 24.1. The third-order valence-electron chi connectivity index (χ3n) is 6.24. The van der Waals surface area contributed by atoms with E-state index in [0.29, 0.717) is 12.8 Å². The van der Waals surface area contributed by atoms with Crippen molar-refractivity contribution in [1.29, 1.82) is 0 Å². The van der Waals surface area contributed by atoms with Crippen molar-refractivity contribution in [2.24, 2.45) is 0 Å².